The maximum Gasteiger partial charge on any atom is 0.330 e. The molecule has 1 atom stereocenters. The number of aliphatic hydroxyl groups excluding tert-OH is 1. The number of non-ortho nitro benzene ring substituents is 1. The van der Waals surface area contributed by atoms with Crippen molar-refractivity contribution < 1.29 is 24.4 Å². The minimum absolute atomic E-state index is 0.00526. The molecular weight excluding hydrogens is 300 g/mol. The second kappa shape index (κ2) is 8.22. The highest BCUT2D eigenvalue weighted by Gasteiger charge is 2.20. The van der Waals surface area contributed by atoms with Gasteiger partial charge in [0.15, 0.2) is 6.04 Å². The minimum Gasteiger partial charge on any atom is -0.467 e. The van der Waals surface area contributed by atoms with Gasteiger partial charge >= 0.3 is 5.97 Å². The number of rotatable bonds is 7. The number of nitrogens with one attached hydrogen (secondary N) is 1. The Labute approximate surface area is 124 Å². The van der Waals surface area contributed by atoms with Crippen molar-refractivity contribution in [2.75, 3.05) is 19.5 Å². The lowest BCUT2D eigenvalue weighted by molar-refractivity contribution is -0.384. The van der Waals surface area contributed by atoms with Crippen LogP contribution < -0.4 is 5.32 Å². The monoisotopic (exact) mass is 314 g/mol. The number of carbonyl (C=O) groups is 2. The number of methoxy groups -OCH3 is 1. The number of thioether (sulfide) groups is 1. The standard InChI is InChI=1S/C12H14N2O6S/c1-20-12(17)10(6-15)13-11(16)7-21-9-4-2-8(3-5-9)14(18)19/h2-5,10,15H,6-7H2,1H3,(H,13,16). The number of benzene rings is 1. The molecule has 2 N–H and O–H groups in total. The van der Waals surface area contributed by atoms with Gasteiger partial charge in [0.25, 0.3) is 5.69 Å². The average Bonchev–Trinajstić information content (AvgIpc) is 2.50. The zero-order valence-corrected chi connectivity index (χ0v) is 12.0. The van der Waals surface area contributed by atoms with Crippen LogP contribution >= 0.6 is 11.8 Å². The maximum absolute atomic E-state index is 11.6. The lowest BCUT2D eigenvalue weighted by Crippen LogP contribution is -2.44. The number of nitro groups is 1. The number of nitrogens with zero attached hydrogens (tertiary/aromatic N) is 1. The summed E-state index contributed by atoms with van der Waals surface area (Å²) in [7, 11) is 1.16. The third-order valence-electron chi connectivity index (χ3n) is 2.42. The number of hydrogen-bond acceptors (Lipinski definition) is 7. The van der Waals surface area contributed by atoms with Crippen LogP contribution in [-0.2, 0) is 14.3 Å². The molecule has 0 spiro atoms. The smallest absolute Gasteiger partial charge is 0.330 e. The molecule has 0 heterocycles. The van der Waals surface area contributed by atoms with Gasteiger partial charge in [-0.25, -0.2) is 4.79 Å². The molecule has 1 rings (SSSR count). The van der Waals surface area contributed by atoms with Crippen molar-refractivity contribution >= 4 is 29.3 Å². The third-order valence-corrected chi connectivity index (χ3v) is 3.43. The van der Waals surface area contributed by atoms with E-state index in [-0.39, 0.29) is 11.4 Å². The SMILES string of the molecule is COC(=O)C(CO)NC(=O)CSc1ccc([N+](=O)[O-])cc1. The molecule has 114 valence electrons. The molecule has 0 fully saturated rings. The summed E-state index contributed by atoms with van der Waals surface area (Å²) in [6.45, 7) is -0.555. The molecule has 1 aromatic carbocycles. The molecule has 21 heavy (non-hydrogen) atoms. The summed E-state index contributed by atoms with van der Waals surface area (Å²) in [5, 5.41) is 21.8. The number of ether oxygens (including phenoxy) is 1. The fraction of sp³-hybridized carbons (Fsp3) is 0.333. The first-order valence-corrected chi connectivity index (χ1v) is 6.81. The van der Waals surface area contributed by atoms with E-state index in [4.69, 9.17) is 5.11 Å². The molecule has 1 unspecified atom stereocenters. The predicted octanol–water partition coefficient (Wildman–Crippen LogP) is 0.337. The van der Waals surface area contributed by atoms with Gasteiger partial charge in [-0.1, -0.05) is 0 Å². The molecule has 1 amide bonds. The van der Waals surface area contributed by atoms with Crippen molar-refractivity contribution in [1.82, 2.24) is 5.32 Å². The van der Waals surface area contributed by atoms with Gasteiger partial charge in [-0.15, -0.1) is 11.8 Å². The fourth-order valence-corrected chi connectivity index (χ4v) is 2.08. The number of nitro benzene ring substituents is 1. The summed E-state index contributed by atoms with van der Waals surface area (Å²) >= 11 is 1.15. The number of carbonyl (C=O) groups excluding carboxylic acids is 2. The van der Waals surface area contributed by atoms with Gasteiger partial charge in [0.05, 0.1) is 24.4 Å². The summed E-state index contributed by atoms with van der Waals surface area (Å²) < 4.78 is 4.42. The first-order chi connectivity index (χ1) is 9.97. The van der Waals surface area contributed by atoms with Crippen molar-refractivity contribution in [3.8, 4) is 0 Å². The largest absolute Gasteiger partial charge is 0.467 e. The van der Waals surface area contributed by atoms with Crippen LogP contribution in [0.4, 0.5) is 5.69 Å². The summed E-state index contributed by atoms with van der Waals surface area (Å²) in [5.74, 6) is -1.18. The third kappa shape index (κ3) is 5.40. The molecule has 0 aliphatic rings. The lowest BCUT2D eigenvalue weighted by atomic mass is 10.3. The van der Waals surface area contributed by atoms with E-state index < -0.39 is 29.4 Å². The van der Waals surface area contributed by atoms with Crippen LogP contribution in [-0.4, -0.2) is 47.4 Å². The van der Waals surface area contributed by atoms with Crippen molar-refractivity contribution in [3.63, 3.8) is 0 Å². The summed E-state index contributed by atoms with van der Waals surface area (Å²) in [6, 6.07) is 4.64. The van der Waals surface area contributed by atoms with Crippen LogP contribution in [0, 0.1) is 10.1 Å². The van der Waals surface area contributed by atoms with Gasteiger partial charge in [-0.2, -0.15) is 0 Å². The lowest BCUT2D eigenvalue weighted by Gasteiger charge is -2.13. The highest BCUT2D eigenvalue weighted by Crippen LogP contribution is 2.21. The van der Waals surface area contributed by atoms with Crippen molar-refractivity contribution in [3.05, 3.63) is 34.4 Å². The van der Waals surface area contributed by atoms with Crippen molar-refractivity contribution in [2.24, 2.45) is 0 Å². The van der Waals surface area contributed by atoms with E-state index in [9.17, 15) is 19.7 Å². The Kier molecular flexibility index (Phi) is 6.63. The Morgan fingerprint density at radius 2 is 2.05 bits per heavy atom. The van der Waals surface area contributed by atoms with Crippen LogP contribution in [0.15, 0.2) is 29.2 Å². The molecule has 1 aromatic rings. The van der Waals surface area contributed by atoms with E-state index in [1.165, 1.54) is 24.3 Å². The second-order valence-corrected chi connectivity index (χ2v) is 4.91. The second-order valence-electron chi connectivity index (χ2n) is 3.87. The van der Waals surface area contributed by atoms with E-state index >= 15 is 0 Å². The Hall–Kier alpha value is -2.13. The van der Waals surface area contributed by atoms with E-state index in [0.717, 1.165) is 18.9 Å². The van der Waals surface area contributed by atoms with Gasteiger partial charge in [-0.3, -0.25) is 14.9 Å². The Bertz CT molecular complexity index is 519. The molecule has 0 radical (unpaired) electrons. The van der Waals surface area contributed by atoms with Gasteiger partial charge < -0.3 is 15.2 Å². The quantitative estimate of drug-likeness (QED) is 0.322. The average molecular weight is 314 g/mol. The Morgan fingerprint density at radius 1 is 1.43 bits per heavy atom. The molecular formula is C12H14N2O6S. The minimum atomic E-state index is -1.10. The van der Waals surface area contributed by atoms with Crippen LogP contribution in [0.3, 0.4) is 0 Å². The van der Waals surface area contributed by atoms with Crippen LogP contribution in [0.1, 0.15) is 0 Å². The van der Waals surface area contributed by atoms with Gasteiger partial charge in [-0.05, 0) is 12.1 Å². The van der Waals surface area contributed by atoms with Crippen LogP contribution in [0.25, 0.3) is 0 Å². The molecule has 9 heteroatoms. The first-order valence-electron chi connectivity index (χ1n) is 5.83. The van der Waals surface area contributed by atoms with E-state index in [2.05, 4.69) is 10.1 Å². The van der Waals surface area contributed by atoms with Gasteiger partial charge in [0.1, 0.15) is 0 Å². The number of hydrogen-bond donors (Lipinski definition) is 2. The zero-order valence-electron chi connectivity index (χ0n) is 11.1. The molecule has 0 bridgehead atoms. The summed E-state index contributed by atoms with van der Waals surface area (Å²) in [5.41, 5.74) is -0.0326. The number of esters is 1. The Balaban J connectivity index is 2.49. The molecule has 0 aliphatic heterocycles. The molecule has 0 saturated heterocycles. The van der Waals surface area contributed by atoms with Crippen molar-refractivity contribution in [1.29, 1.82) is 0 Å². The molecule has 0 aliphatic carbocycles. The predicted molar refractivity (Wildman–Crippen MR) is 74.9 cm³/mol. The van der Waals surface area contributed by atoms with Gasteiger partial charge in [0, 0.05) is 17.0 Å². The first kappa shape index (κ1) is 16.9. The highest BCUT2D eigenvalue weighted by atomic mass is 32.2. The normalized spacial score (nSPS) is 11.5. The van der Waals surface area contributed by atoms with Gasteiger partial charge in [0.2, 0.25) is 5.91 Å². The van der Waals surface area contributed by atoms with E-state index in [0.29, 0.717) is 4.90 Å². The number of amides is 1. The van der Waals surface area contributed by atoms with Crippen LogP contribution in [0.5, 0.6) is 0 Å². The maximum atomic E-state index is 11.6. The van der Waals surface area contributed by atoms with Crippen LogP contribution in [0.2, 0.25) is 0 Å². The van der Waals surface area contributed by atoms with E-state index in [1.54, 1.807) is 0 Å². The zero-order chi connectivity index (χ0) is 15.8. The topological polar surface area (TPSA) is 119 Å². The molecule has 0 aromatic heterocycles. The summed E-state index contributed by atoms with van der Waals surface area (Å²) in [6.07, 6.45) is 0. The Morgan fingerprint density at radius 3 is 2.52 bits per heavy atom. The fourth-order valence-electron chi connectivity index (χ4n) is 1.37. The summed E-state index contributed by atoms with van der Waals surface area (Å²) in [4.78, 5) is 33.5. The van der Waals surface area contributed by atoms with Crippen molar-refractivity contribution in [2.45, 2.75) is 10.9 Å². The van der Waals surface area contributed by atoms with E-state index in [1.807, 2.05) is 0 Å². The molecule has 8 nitrogen and oxygen atoms in total. The highest BCUT2D eigenvalue weighted by molar-refractivity contribution is 8.00. The number of aliphatic hydroxyl groups is 1. The molecule has 0 saturated carbocycles.